The molecule has 67 heavy (non-hydrogen) atoms. The summed E-state index contributed by atoms with van der Waals surface area (Å²) in [6, 6.07) is 27.9. The van der Waals surface area contributed by atoms with Crippen LogP contribution >= 0.6 is 15.9 Å². The molecular weight excluding hydrogens is 905 g/mol. The standard InChI is InChI=1S/C26H28N6O.C14H13N5.C12H16BrNO/c1-18-9-10-27-17-23(18)22-16-25-24(15-19(22)2)29-26(31-30-25)28-20-5-7-21(8-6-20)33-14-13-32-11-3-4-12-32;1-8-3-4-16-7-11(8)10-6-13-12(5-9(10)2)17-14(15)19-18-13;13-11-3-5-12(6-4-11)15-10-9-14-7-1-2-8-14/h5-10,15-17H,3-4,11-14H2,1-2H3,(H,28,29,31);3-7H,1-2H3,(H2,15,17,19);3-6H,1-2,7-10H2. The van der Waals surface area contributed by atoms with Gasteiger partial charge in [-0.2, -0.15) is 0 Å². The Labute approximate surface area is 400 Å². The fraction of sp³-hybridized carbons (Fsp3) is 0.308. The number of nitrogens with zero attached hydrogens (tertiary/aromatic N) is 10. The van der Waals surface area contributed by atoms with Gasteiger partial charge in [0.25, 0.3) is 0 Å². The van der Waals surface area contributed by atoms with Gasteiger partial charge in [-0.05, 0) is 198 Å². The Hall–Kier alpha value is -6.68. The van der Waals surface area contributed by atoms with Gasteiger partial charge < -0.3 is 20.5 Å². The Bertz CT molecular complexity index is 2890. The molecule has 15 heteroatoms. The highest BCUT2D eigenvalue weighted by molar-refractivity contribution is 9.10. The van der Waals surface area contributed by atoms with E-state index in [-0.39, 0.29) is 5.95 Å². The molecule has 0 bridgehead atoms. The first kappa shape index (κ1) is 46.8. The van der Waals surface area contributed by atoms with Crippen LogP contribution in [-0.4, -0.2) is 103 Å². The summed E-state index contributed by atoms with van der Waals surface area (Å²) < 4.78 is 12.6. The van der Waals surface area contributed by atoms with Crippen LogP contribution in [-0.2, 0) is 0 Å². The maximum Gasteiger partial charge on any atom is 0.247 e. The molecule has 0 radical (unpaired) electrons. The van der Waals surface area contributed by atoms with Gasteiger partial charge in [0.15, 0.2) is 0 Å². The van der Waals surface area contributed by atoms with E-state index >= 15 is 0 Å². The van der Waals surface area contributed by atoms with Gasteiger partial charge in [-0.15, -0.1) is 20.4 Å². The molecule has 6 heterocycles. The van der Waals surface area contributed by atoms with Crippen molar-refractivity contribution in [3.8, 4) is 33.8 Å². The number of benzene rings is 4. The van der Waals surface area contributed by atoms with E-state index in [0.29, 0.717) is 12.6 Å². The number of hydrogen-bond acceptors (Lipinski definition) is 14. The fourth-order valence-corrected chi connectivity index (χ4v) is 8.47. The van der Waals surface area contributed by atoms with Gasteiger partial charge in [0.1, 0.15) is 35.7 Å². The number of nitrogen functional groups attached to an aromatic ring is 1. The van der Waals surface area contributed by atoms with Crippen molar-refractivity contribution in [2.75, 3.05) is 63.5 Å². The SMILES string of the molecule is Brc1ccc(OCCN2CCCC2)cc1.Cc1ccncc1-c1cc2nnc(N)nc2cc1C.Cc1ccncc1-c1cc2nnc(Nc3ccc(OCCN4CCCC4)cc3)nc2cc1C. The van der Waals surface area contributed by atoms with Crippen LogP contribution in [0.1, 0.15) is 47.9 Å². The number of aryl methyl sites for hydroxylation is 4. The van der Waals surface area contributed by atoms with Gasteiger partial charge in [-0.25, -0.2) is 9.97 Å². The van der Waals surface area contributed by atoms with E-state index in [1.807, 2.05) is 110 Å². The Kier molecular flexibility index (Phi) is 15.9. The van der Waals surface area contributed by atoms with Crippen molar-refractivity contribution >= 4 is 55.6 Å². The summed E-state index contributed by atoms with van der Waals surface area (Å²) >= 11 is 3.40. The third-order valence-corrected chi connectivity index (χ3v) is 12.5. The number of rotatable bonds is 12. The van der Waals surface area contributed by atoms with Crippen LogP contribution in [0.15, 0.2) is 114 Å². The highest BCUT2D eigenvalue weighted by Crippen LogP contribution is 2.31. The molecule has 2 fully saturated rings. The van der Waals surface area contributed by atoms with Crippen LogP contribution in [0, 0.1) is 27.7 Å². The number of anilines is 3. The first-order chi connectivity index (χ1) is 32.6. The quantitative estimate of drug-likeness (QED) is 0.119. The van der Waals surface area contributed by atoms with E-state index in [2.05, 4.69) is 92.1 Å². The van der Waals surface area contributed by atoms with Crippen molar-refractivity contribution in [3.05, 3.63) is 136 Å². The number of aromatic nitrogens is 8. The third kappa shape index (κ3) is 12.8. The largest absolute Gasteiger partial charge is 0.492 e. The minimum Gasteiger partial charge on any atom is -0.492 e. The zero-order valence-electron chi connectivity index (χ0n) is 38.6. The Balaban J connectivity index is 0.000000151. The molecule has 0 aliphatic carbocycles. The summed E-state index contributed by atoms with van der Waals surface area (Å²) in [6.07, 6.45) is 12.6. The number of ether oxygens (including phenoxy) is 2. The average Bonchev–Trinajstić information content (AvgIpc) is 4.06. The molecule has 8 aromatic rings. The number of hydrogen-bond donors (Lipinski definition) is 2. The number of likely N-dealkylation sites (tertiary alicyclic amines) is 2. The normalized spacial score (nSPS) is 13.7. The molecule has 2 aliphatic rings. The van der Waals surface area contributed by atoms with Crippen LogP contribution in [0.4, 0.5) is 17.6 Å². The van der Waals surface area contributed by atoms with Crippen molar-refractivity contribution in [1.29, 1.82) is 0 Å². The first-order valence-electron chi connectivity index (χ1n) is 22.9. The minimum atomic E-state index is 0.192. The van der Waals surface area contributed by atoms with Crippen LogP contribution < -0.4 is 20.5 Å². The van der Waals surface area contributed by atoms with Crippen molar-refractivity contribution in [3.63, 3.8) is 0 Å². The van der Waals surface area contributed by atoms with Crippen LogP contribution in [0.3, 0.4) is 0 Å². The second-order valence-corrected chi connectivity index (χ2v) is 17.8. The monoisotopic (exact) mass is 960 g/mol. The number of nitrogens with one attached hydrogen (secondary N) is 1. The summed E-state index contributed by atoms with van der Waals surface area (Å²) in [5, 5.41) is 19.8. The number of pyridine rings is 2. The second kappa shape index (κ2) is 22.7. The van der Waals surface area contributed by atoms with Crippen LogP contribution in [0.2, 0.25) is 0 Å². The molecular formula is C52H57BrN12O2. The summed E-state index contributed by atoms with van der Waals surface area (Å²) in [6.45, 7) is 16.7. The second-order valence-electron chi connectivity index (χ2n) is 16.9. The van der Waals surface area contributed by atoms with Gasteiger partial charge in [-0.3, -0.25) is 19.8 Å². The molecule has 4 aromatic heterocycles. The molecule has 10 rings (SSSR count). The molecule has 2 saturated heterocycles. The Morgan fingerprint density at radius 1 is 0.537 bits per heavy atom. The lowest BCUT2D eigenvalue weighted by atomic mass is 9.98. The fourth-order valence-electron chi connectivity index (χ4n) is 8.21. The summed E-state index contributed by atoms with van der Waals surface area (Å²) in [7, 11) is 0. The predicted molar refractivity (Wildman–Crippen MR) is 271 cm³/mol. The summed E-state index contributed by atoms with van der Waals surface area (Å²) in [5.41, 5.74) is 18.5. The maximum absolute atomic E-state index is 5.88. The smallest absolute Gasteiger partial charge is 0.247 e. The van der Waals surface area contributed by atoms with E-state index in [4.69, 9.17) is 15.2 Å². The van der Waals surface area contributed by atoms with Gasteiger partial charge in [0.2, 0.25) is 11.9 Å². The molecule has 2 aliphatic heterocycles. The van der Waals surface area contributed by atoms with Crippen molar-refractivity contribution in [2.45, 2.75) is 53.4 Å². The number of halogens is 1. The lowest BCUT2D eigenvalue weighted by molar-refractivity contribution is 0.237. The molecule has 0 saturated carbocycles. The molecule has 344 valence electrons. The van der Waals surface area contributed by atoms with E-state index in [0.717, 1.165) is 96.8 Å². The van der Waals surface area contributed by atoms with Crippen molar-refractivity contribution in [1.82, 2.24) is 50.1 Å². The molecule has 0 spiro atoms. The number of nitrogens with two attached hydrogens (primary N) is 1. The van der Waals surface area contributed by atoms with E-state index < -0.39 is 0 Å². The molecule has 0 amide bonds. The van der Waals surface area contributed by atoms with Gasteiger partial charge in [-0.1, -0.05) is 15.9 Å². The minimum absolute atomic E-state index is 0.192. The Morgan fingerprint density at radius 3 is 1.52 bits per heavy atom. The molecule has 4 aromatic carbocycles. The van der Waals surface area contributed by atoms with Crippen LogP contribution in [0.5, 0.6) is 11.5 Å². The zero-order valence-corrected chi connectivity index (χ0v) is 40.2. The molecule has 0 atom stereocenters. The topological polar surface area (TPSA) is 166 Å². The summed E-state index contributed by atoms with van der Waals surface area (Å²) in [5.74, 6) is 2.48. The van der Waals surface area contributed by atoms with Crippen molar-refractivity contribution < 1.29 is 9.47 Å². The highest BCUT2D eigenvalue weighted by Gasteiger charge is 2.14. The Morgan fingerprint density at radius 2 is 1.01 bits per heavy atom. The lowest BCUT2D eigenvalue weighted by Gasteiger charge is -2.15. The van der Waals surface area contributed by atoms with E-state index in [9.17, 15) is 0 Å². The third-order valence-electron chi connectivity index (χ3n) is 11.9. The zero-order chi connectivity index (χ0) is 46.5. The van der Waals surface area contributed by atoms with Gasteiger partial charge >= 0.3 is 0 Å². The predicted octanol–water partition coefficient (Wildman–Crippen LogP) is 10.1. The molecule has 14 nitrogen and oxygen atoms in total. The molecule has 0 unspecified atom stereocenters. The van der Waals surface area contributed by atoms with Crippen LogP contribution in [0.25, 0.3) is 44.3 Å². The molecule has 3 N–H and O–H groups in total. The van der Waals surface area contributed by atoms with E-state index in [1.165, 1.54) is 63.0 Å². The maximum atomic E-state index is 5.88. The lowest BCUT2D eigenvalue weighted by Crippen LogP contribution is -2.25. The van der Waals surface area contributed by atoms with Crippen molar-refractivity contribution in [2.24, 2.45) is 0 Å². The van der Waals surface area contributed by atoms with E-state index in [1.54, 1.807) is 6.20 Å². The van der Waals surface area contributed by atoms with Gasteiger partial charge in [0.05, 0.1) is 11.0 Å². The summed E-state index contributed by atoms with van der Waals surface area (Å²) in [4.78, 5) is 22.2. The van der Waals surface area contributed by atoms with Gasteiger partial charge in [0, 0.05) is 59.2 Å². The highest BCUT2D eigenvalue weighted by atomic mass is 79.9. The number of fused-ring (bicyclic) bond motifs is 2. The first-order valence-corrected chi connectivity index (χ1v) is 23.6. The average molecular weight is 962 g/mol.